The average Bonchev–Trinajstić information content (AvgIpc) is 3.49. The van der Waals surface area contributed by atoms with Crippen LogP contribution in [0.15, 0.2) is 89.9 Å². The Hall–Kier alpha value is -4.13. The molecule has 0 aliphatic carbocycles. The third-order valence-electron chi connectivity index (χ3n) is 7.85. The number of fused-ring (bicyclic) bond motifs is 3. The highest BCUT2D eigenvalue weighted by molar-refractivity contribution is 6.13. The number of rotatable bonds is 8. The van der Waals surface area contributed by atoms with Crippen molar-refractivity contribution in [1.82, 2.24) is 0 Å². The van der Waals surface area contributed by atoms with Crippen molar-refractivity contribution in [1.29, 1.82) is 0 Å². The number of carbonyl (C=O) groups is 2. The van der Waals surface area contributed by atoms with E-state index in [-0.39, 0.29) is 19.0 Å². The third-order valence-corrected chi connectivity index (χ3v) is 7.85. The summed E-state index contributed by atoms with van der Waals surface area (Å²) in [5.41, 5.74) is 3.22. The highest BCUT2D eigenvalue weighted by Gasteiger charge is 2.72. The molecule has 0 amide bonds. The lowest BCUT2D eigenvalue weighted by Crippen LogP contribution is -2.52. The number of hydrogen-bond donors (Lipinski definition) is 0. The van der Waals surface area contributed by atoms with E-state index < -0.39 is 53.8 Å². The van der Waals surface area contributed by atoms with Crippen LogP contribution in [0.1, 0.15) is 50.4 Å². The molecule has 5 atom stereocenters. The van der Waals surface area contributed by atoms with Crippen molar-refractivity contribution in [2.75, 3.05) is 20.3 Å². The van der Waals surface area contributed by atoms with Crippen molar-refractivity contribution >= 4 is 17.8 Å². The molecular formula is C35H37NO10. The number of esters is 1. The second kappa shape index (κ2) is 12.6. The molecule has 242 valence electrons. The lowest BCUT2D eigenvalue weighted by Gasteiger charge is -2.38. The number of ether oxygens (including phenoxy) is 8. The van der Waals surface area contributed by atoms with Gasteiger partial charge in [0.1, 0.15) is 30.6 Å². The fraction of sp³-hybridized carbons (Fsp3) is 0.400. The van der Waals surface area contributed by atoms with E-state index in [0.29, 0.717) is 5.56 Å². The lowest BCUT2D eigenvalue weighted by atomic mass is 10.0. The summed E-state index contributed by atoms with van der Waals surface area (Å²) in [6, 6.07) is 25.6. The largest absolute Gasteiger partial charge is 0.508 e. The maximum Gasteiger partial charge on any atom is 0.508 e. The molecule has 3 aromatic rings. The van der Waals surface area contributed by atoms with Crippen LogP contribution in [-0.2, 0) is 38.0 Å². The van der Waals surface area contributed by atoms with E-state index in [4.69, 9.17) is 42.9 Å². The zero-order valence-corrected chi connectivity index (χ0v) is 26.3. The summed E-state index contributed by atoms with van der Waals surface area (Å²) in [7, 11) is 1.25. The van der Waals surface area contributed by atoms with Gasteiger partial charge in [0.05, 0.1) is 19.4 Å². The predicted molar refractivity (Wildman–Crippen MR) is 164 cm³/mol. The molecule has 3 aromatic carbocycles. The average molecular weight is 632 g/mol. The highest BCUT2D eigenvalue weighted by Crippen LogP contribution is 2.49. The molecule has 46 heavy (non-hydrogen) atoms. The predicted octanol–water partition coefficient (Wildman–Crippen LogP) is 5.35. The molecule has 0 N–H and O–H groups in total. The van der Waals surface area contributed by atoms with Crippen LogP contribution in [-0.4, -0.2) is 73.8 Å². The van der Waals surface area contributed by atoms with Crippen LogP contribution in [0.25, 0.3) is 0 Å². The number of aliphatic imine (C=N–C) groups is 1. The molecule has 3 saturated heterocycles. The highest BCUT2D eigenvalue weighted by atomic mass is 16.9. The number of nitrogens with zero attached hydrogens (tertiary/aromatic N) is 1. The standard InChI is InChI=1S/C35H37NO10/c1-33(2)41-21-27-29(44-33)30-35(43-27,46-34(3,4)45-30)31(37)42-25-18-16-22(17-19-25)26(20-40-32(38)39-5)36-28(23-12-8-6-9-13-23)24-14-10-7-11-15-24/h6-19,26-27,29-30H,20-21H2,1-5H3/t26?,27-,29+,30-,35+/m0/s1. The minimum atomic E-state index is -1.84. The van der Waals surface area contributed by atoms with Gasteiger partial charge in [0.15, 0.2) is 17.7 Å². The molecule has 1 unspecified atom stereocenters. The molecule has 11 heteroatoms. The molecule has 3 aliphatic rings. The first-order valence-corrected chi connectivity index (χ1v) is 15.1. The van der Waals surface area contributed by atoms with Gasteiger partial charge in [-0.15, -0.1) is 0 Å². The van der Waals surface area contributed by atoms with Gasteiger partial charge < -0.3 is 37.9 Å². The molecule has 0 bridgehead atoms. The Labute approximate surface area is 267 Å². The Balaban J connectivity index is 1.27. The van der Waals surface area contributed by atoms with Crippen LogP contribution in [0.3, 0.4) is 0 Å². The summed E-state index contributed by atoms with van der Waals surface area (Å²) in [6.45, 7) is 7.10. The molecule has 0 spiro atoms. The first kappa shape index (κ1) is 31.8. The Morgan fingerprint density at radius 2 is 1.48 bits per heavy atom. The van der Waals surface area contributed by atoms with Crippen LogP contribution in [0, 0.1) is 0 Å². The number of methoxy groups -OCH3 is 1. The Morgan fingerprint density at radius 3 is 2.09 bits per heavy atom. The molecule has 0 aromatic heterocycles. The van der Waals surface area contributed by atoms with Crippen LogP contribution in [0.5, 0.6) is 5.75 Å². The van der Waals surface area contributed by atoms with Crippen LogP contribution in [0.2, 0.25) is 0 Å². The summed E-state index contributed by atoms with van der Waals surface area (Å²) in [5, 5.41) is 0. The van der Waals surface area contributed by atoms with Crippen LogP contribution >= 0.6 is 0 Å². The van der Waals surface area contributed by atoms with E-state index in [1.54, 1.807) is 52.0 Å². The SMILES string of the molecule is COC(=O)OCC(N=C(c1ccccc1)c1ccccc1)c1ccc(OC(=O)[C@@]23O[C@H]4COC(C)(C)O[C@H]4[C@@H]2OC(C)(C)O3)cc1. The Bertz CT molecular complexity index is 1530. The molecular weight excluding hydrogens is 594 g/mol. The topological polar surface area (TPSA) is 120 Å². The van der Waals surface area contributed by atoms with Gasteiger partial charge in [0, 0.05) is 11.1 Å². The normalized spacial score (nSPS) is 26.2. The van der Waals surface area contributed by atoms with Crippen molar-refractivity contribution in [3.05, 3.63) is 102 Å². The summed E-state index contributed by atoms with van der Waals surface area (Å²) < 4.78 is 46.0. The summed E-state index contributed by atoms with van der Waals surface area (Å²) in [4.78, 5) is 30.7. The van der Waals surface area contributed by atoms with Gasteiger partial charge in [-0.3, -0.25) is 4.99 Å². The molecule has 6 rings (SSSR count). The van der Waals surface area contributed by atoms with Crippen LogP contribution in [0.4, 0.5) is 4.79 Å². The van der Waals surface area contributed by atoms with Gasteiger partial charge >= 0.3 is 17.9 Å². The number of carbonyl (C=O) groups excluding carboxylic acids is 2. The van der Waals surface area contributed by atoms with Crippen molar-refractivity contribution in [3.63, 3.8) is 0 Å². The van der Waals surface area contributed by atoms with Gasteiger partial charge in [-0.1, -0.05) is 72.8 Å². The monoisotopic (exact) mass is 631 g/mol. The van der Waals surface area contributed by atoms with Crippen molar-refractivity contribution in [2.24, 2.45) is 4.99 Å². The molecule has 3 aliphatic heterocycles. The van der Waals surface area contributed by atoms with Gasteiger partial charge in [0.25, 0.3) is 0 Å². The van der Waals surface area contributed by atoms with Crippen LogP contribution < -0.4 is 4.74 Å². The van der Waals surface area contributed by atoms with E-state index in [1.165, 1.54) is 7.11 Å². The van der Waals surface area contributed by atoms with Gasteiger partial charge in [-0.25, -0.2) is 9.59 Å². The fourth-order valence-electron chi connectivity index (χ4n) is 5.82. The van der Waals surface area contributed by atoms with E-state index in [1.807, 2.05) is 60.7 Å². The maximum atomic E-state index is 13.8. The molecule has 3 heterocycles. The van der Waals surface area contributed by atoms with E-state index in [2.05, 4.69) is 0 Å². The minimum absolute atomic E-state index is 0.0882. The Morgan fingerprint density at radius 1 is 0.848 bits per heavy atom. The van der Waals surface area contributed by atoms with Gasteiger partial charge in [-0.2, -0.15) is 0 Å². The first-order valence-electron chi connectivity index (χ1n) is 15.1. The van der Waals surface area contributed by atoms with Crippen molar-refractivity contribution < 1.29 is 47.5 Å². The minimum Gasteiger partial charge on any atom is -0.438 e. The zero-order chi connectivity index (χ0) is 32.5. The van der Waals surface area contributed by atoms with Gasteiger partial charge in [0.2, 0.25) is 0 Å². The maximum absolute atomic E-state index is 13.8. The molecule has 0 radical (unpaired) electrons. The lowest BCUT2D eigenvalue weighted by molar-refractivity contribution is -0.325. The first-order chi connectivity index (χ1) is 22.0. The van der Waals surface area contributed by atoms with E-state index in [0.717, 1.165) is 16.8 Å². The quantitative estimate of drug-likeness (QED) is 0.183. The van der Waals surface area contributed by atoms with Crippen molar-refractivity contribution in [2.45, 2.75) is 69.4 Å². The second-order valence-corrected chi connectivity index (χ2v) is 12.1. The molecule has 11 nitrogen and oxygen atoms in total. The van der Waals surface area contributed by atoms with E-state index >= 15 is 0 Å². The number of benzene rings is 3. The summed E-state index contributed by atoms with van der Waals surface area (Å²) in [6.07, 6.45) is -2.87. The zero-order valence-electron chi connectivity index (χ0n) is 26.3. The van der Waals surface area contributed by atoms with Crippen molar-refractivity contribution in [3.8, 4) is 5.75 Å². The molecule has 0 saturated carbocycles. The summed E-state index contributed by atoms with van der Waals surface area (Å²) in [5.74, 6) is -4.37. The fourth-order valence-corrected chi connectivity index (χ4v) is 5.82. The van der Waals surface area contributed by atoms with Gasteiger partial charge in [-0.05, 0) is 45.4 Å². The van der Waals surface area contributed by atoms with E-state index in [9.17, 15) is 9.59 Å². The number of hydrogen-bond acceptors (Lipinski definition) is 11. The smallest absolute Gasteiger partial charge is 0.438 e. The Kier molecular flexibility index (Phi) is 8.70. The summed E-state index contributed by atoms with van der Waals surface area (Å²) >= 11 is 0. The second-order valence-electron chi connectivity index (χ2n) is 12.1. The molecule has 3 fully saturated rings. The third kappa shape index (κ3) is 6.55.